The van der Waals surface area contributed by atoms with E-state index in [9.17, 15) is 8.78 Å². The molecule has 0 aliphatic rings. The minimum atomic E-state index is -0.424. The Kier molecular flexibility index (Phi) is 3.23. The van der Waals surface area contributed by atoms with E-state index in [0.717, 1.165) is 18.6 Å². The fourth-order valence-electron chi connectivity index (χ4n) is 0.976. The molecule has 0 bridgehead atoms. The maximum Gasteiger partial charge on any atom is 0.146 e. The van der Waals surface area contributed by atoms with Crippen molar-refractivity contribution < 1.29 is 8.78 Å². The first kappa shape index (κ1) is 9.96. The normalized spacial score (nSPS) is 12.6. The molecule has 0 spiro atoms. The Morgan fingerprint density at radius 2 is 2.08 bits per heavy atom. The van der Waals surface area contributed by atoms with Crippen LogP contribution in [0, 0.1) is 11.6 Å². The van der Waals surface area contributed by atoms with Gasteiger partial charge in [0.15, 0.2) is 0 Å². The zero-order valence-corrected chi connectivity index (χ0v) is 7.77. The smallest absolute Gasteiger partial charge is 0.146 e. The Balaban J connectivity index is 2.81. The van der Waals surface area contributed by atoms with E-state index in [1.807, 2.05) is 13.8 Å². The van der Waals surface area contributed by atoms with E-state index in [4.69, 9.17) is 0 Å². The molecule has 0 aromatic heterocycles. The zero-order valence-electron chi connectivity index (χ0n) is 7.77. The highest BCUT2D eigenvalue weighted by Gasteiger charge is 2.05. The van der Waals surface area contributed by atoms with E-state index in [1.54, 1.807) is 0 Å². The van der Waals surface area contributed by atoms with Crippen LogP contribution in [0.1, 0.15) is 20.3 Å². The maximum atomic E-state index is 13.0. The van der Waals surface area contributed by atoms with Crippen LogP contribution in [0.5, 0.6) is 0 Å². The van der Waals surface area contributed by atoms with Crippen molar-refractivity contribution in [1.82, 2.24) is 0 Å². The van der Waals surface area contributed by atoms with Gasteiger partial charge in [0.1, 0.15) is 11.6 Å². The lowest BCUT2D eigenvalue weighted by Crippen LogP contribution is -2.14. The topological polar surface area (TPSA) is 12.0 Å². The summed E-state index contributed by atoms with van der Waals surface area (Å²) >= 11 is 0. The molecular formula is C10H13F2N. The quantitative estimate of drug-likeness (QED) is 0.762. The van der Waals surface area contributed by atoms with Crippen LogP contribution < -0.4 is 5.32 Å². The minimum absolute atomic E-state index is 0.149. The van der Waals surface area contributed by atoms with Crippen LogP contribution in [0.25, 0.3) is 0 Å². The molecule has 0 saturated carbocycles. The van der Waals surface area contributed by atoms with Crippen molar-refractivity contribution in [3.63, 3.8) is 0 Å². The van der Waals surface area contributed by atoms with Gasteiger partial charge in [0, 0.05) is 6.04 Å². The Morgan fingerprint density at radius 1 is 1.38 bits per heavy atom. The van der Waals surface area contributed by atoms with E-state index >= 15 is 0 Å². The number of rotatable bonds is 3. The second-order valence-corrected chi connectivity index (χ2v) is 3.08. The molecule has 0 amide bonds. The van der Waals surface area contributed by atoms with Gasteiger partial charge >= 0.3 is 0 Å². The van der Waals surface area contributed by atoms with Crippen LogP contribution in [0.4, 0.5) is 14.5 Å². The molecule has 13 heavy (non-hydrogen) atoms. The number of hydrogen-bond donors (Lipinski definition) is 1. The lowest BCUT2D eigenvalue weighted by Gasteiger charge is -2.13. The Hall–Kier alpha value is -1.12. The van der Waals surface area contributed by atoms with Gasteiger partial charge in [-0.25, -0.2) is 8.78 Å². The van der Waals surface area contributed by atoms with E-state index in [1.165, 1.54) is 6.07 Å². The summed E-state index contributed by atoms with van der Waals surface area (Å²) < 4.78 is 25.7. The molecule has 1 rings (SSSR count). The van der Waals surface area contributed by atoms with Crippen molar-refractivity contribution in [2.45, 2.75) is 26.3 Å². The molecule has 0 fully saturated rings. The lowest BCUT2D eigenvalue weighted by molar-refractivity contribution is 0.599. The average molecular weight is 185 g/mol. The monoisotopic (exact) mass is 185 g/mol. The van der Waals surface area contributed by atoms with Gasteiger partial charge in [-0.1, -0.05) is 6.92 Å². The number of hydrogen-bond acceptors (Lipinski definition) is 1. The average Bonchev–Trinajstić information content (AvgIpc) is 2.11. The van der Waals surface area contributed by atoms with Crippen LogP contribution in [0.3, 0.4) is 0 Å². The van der Waals surface area contributed by atoms with Gasteiger partial charge in [-0.15, -0.1) is 0 Å². The first-order valence-corrected chi connectivity index (χ1v) is 4.35. The molecule has 1 nitrogen and oxygen atoms in total. The number of benzene rings is 1. The summed E-state index contributed by atoms with van der Waals surface area (Å²) in [4.78, 5) is 0. The van der Waals surface area contributed by atoms with E-state index in [0.29, 0.717) is 0 Å². The molecular weight excluding hydrogens is 172 g/mol. The summed E-state index contributed by atoms with van der Waals surface area (Å²) in [5.74, 6) is -0.839. The van der Waals surface area contributed by atoms with Gasteiger partial charge in [0.05, 0.1) is 5.69 Å². The summed E-state index contributed by atoms with van der Waals surface area (Å²) in [6, 6.07) is 3.55. The highest BCUT2D eigenvalue weighted by molar-refractivity contribution is 5.45. The second kappa shape index (κ2) is 4.21. The Labute approximate surface area is 76.8 Å². The third-order valence-corrected chi connectivity index (χ3v) is 1.94. The van der Waals surface area contributed by atoms with Gasteiger partial charge in [-0.3, -0.25) is 0 Å². The lowest BCUT2D eigenvalue weighted by atomic mass is 10.2. The molecule has 1 aromatic carbocycles. The predicted octanol–water partition coefficient (Wildman–Crippen LogP) is 3.18. The highest BCUT2D eigenvalue weighted by atomic mass is 19.1. The predicted molar refractivity (Wildman–Crippen MR) is 49.7 cm³/mol. The van der Waals surface area contributed by atoms with Crippen molar-refractivity contribution in [2.75, 3.05) is 5.32 Å². The van der Waals surface area contributed by atoms with Crippen LogP contribution in [0.2, 0.25) is 0 Å². The molecule has 3 heteroatoms. The van der Waals surface area contributed by atoms with Crippen molar-refractivity contribution in [2.24, 2.45) is 0 Å². The molecule has 0 aliphatic carbocycles. The first-order chi connectivity index (χ1) is 6.13. The SMILES string of the molecule is CC[C@@H](C)Nc1cc(F)ccc1F. The van der Waals surface area contributed by atoms with Crippen LogP contribution in [0.15, 0.2) is 18.2 Å². The Bertz CT molecular complexity index is 286. The molecule has 1 N–H and O–H groups in total. The fourth-order valence-corrected chi connectivity index (χ4v) is 0.976. The third-order valence-electron chi connectivity index (χ3n) is 1.94. The van der Waals surface area contributed by atoms with Gasteiger partial charge < -0.3 is 5.32 Å². The molecule has 1 aromatic rings. The molecule has 0 radical (unpaired) electrons. The van der Waals surface area contributed by atoms with Gasteiger partial charge in [-0.05, 0) is 31.5 Å². The largest absolute Gasteiger partial charge is 0.380 e. The first-order valence-electron chi connectivity index (χ1n) is 4.35. The fraction of sp³-hybridized carbons (Fsp3) is 0.400. The van der Waals surface area contributed by atoms with Crippen molar-refractivity contribution in [1.29, 1.82) is 0 Å². The molecule has 1 atom stereocenters. The Morgan fingerprint density at radius 3 is 2.69 bits per heavy atom. The number of halogens is 2. The molecule has 0 unspecified atom stereocenters. The second-order valence-electron chi connectivity index (χ2n) is 3.08. The maximum absolute atomic E-state index is 13.0. The zero-order chi connectivity index (χ0) is 9.84. The summed E-state index contributed by atoms with van der Waals surface area (Å²) in [7, 11) is 0. The molecule has 0 saturated heterocycles. The van der Waals surface area contributed by atoms with E-state index in [2.05, 4.69) is 5.32 Å². The van der Waals surface area contributed by atoms with Crippen LogP contribution >= 0.6 is 0 Å². The van der Waals surface area contributed by atoms with Crippen LogP contribution in [-0.4, -0.2) is 6.04 Å². The molecule has 0 heterocycles. The summed E-state index contributed by atoms with van der Waals surface area (Å²) in [6.07, 6.45) is 0.871. The molecule has 72 valence electrons. The molecule has 0 aliphatic heterocycles. The van der Waals surface area contributed by atoms with Gasteiger partial charge in [0.2, 0.25) is 0 Å². The van der Waals surface area contributed by atoms with Crippen molar-refractivity contribution in [3.8, 4) is 0 Å². The third kappa shape index (κ3) is 2.68. The van der Waals surface area contributed by atoms with E-state index < -0.39 is 11.6 Å². The number of anilines is 1. The van der Waals surface area contributed by atoms with Crippen molar-refractivity contribution in [3.05, 3.63) is 29.8 Å². The van der Waals surface area contributed by atoms with Crippen LogP contribution in [-0.2, 0) is 0 Å². The van der Waals surface area contributed by atoms with Gasteiger partial charge in [0.25, 0.3) is 0 Å². The highest BCUT2D eigenvalue weighted by Crippen LogP contribution is 2.16. The van der Waals surface area contributed by atoms with Gasteiger partial charge in [-0.2, -0.15) is 0 Å². The van der Waals surface area contributed by atoms with E-state index in [-0.39, 0.29) is 11.7 Å². The number of nitrogens with one attached hydrogen (secondary N) is 1. The summed E-state index contributed by atoms with van der Waals surface area (Å²) in [5, 5.41) is 2.89. The minimum Gasteiger partial charge on any atom is -0.380 e. The standard InChI is InChI=1S/C10H13F2N/c1-3-7(2)13-10-6-8(11)4-5-9(10)12/h4-7,13H,3H2,1-2H3/t7-/m1/s1. The summed E-state index contributed by atoms with van der Waals surface area (Å²) in [6.45, 7) is 3.90. The van der Waals surface area contributed by atoms with Crippen molar-refractivity contribution >= 4 is 5.69 Å². The summed E-state index contributed by atoms with van der Waals surface area (Å²) in [5.41, 5.74) is 0.231.